The zero-order chi connectivity index (χ0) is 17.1. The molecular formula is C17H20N6O. The van der Waals surface area contributed by atoms with Crippen molar-refractivity contribution in [1.29, 1.82) is 0 Å². The van der Waals surface area contributed by atoms with E-state index in [1.807, 2.05) is 38.1 Å². The molecule has 0 spiro atoms. The third kappa shape index (κ3) is 3.69. The summed E-state index contributed by atoms with van der Waals surface area (Å²) in [6, 6.07) is 7.71. The van der Waals surface area contributed by atoms with E-state index in [-0.39, 0.29) is 0 Å². The number of hydrogen-bond acceptors (Lipinski definition) is 6. The highest BCUT2D eigenvalue weighted by Gasteiger charge is 2.07. The van der Waals surface area contributed by atoms with Crippen LogP contribution in [0.3, 0.4) is 0 Å². The van der Waals surface area contributed by atoms with Crippen LogP contribution in [-0.2, 0) is 0 Å². The highest BCUT2D eigenvalue weighted by Crippen LogP contribution is 2.24. The Balaban J connectivity index is 1.78. The van der Waals surface area contributed by atoms with Crippen LogP contribution >= 0.6 is 0 Å². The number of rotatable bonds is 5. The lowest BCUT2D eigenvalue weighted by atomic mass is 10.0. The molecule has 0 radical (unpaired) electrons. The molecule has 2 aromatic heterocycles. The number of aromatic amines is 1. The molecule has 1 aromatic carbocycles. The Morgan fingerprint density at radius 1 is 1.04 bits per heavy atom. The molecule has 3 aromatic rings. The lowest BCUT2D eigenvalue weighted by Crippen LogP contribution is -2.01. The van der Waals surface area contributed by atoms with Gasteiger partial charge in [0.2, 0.25) is 0 Å². The minimum atomic E-state index is -0.520. The Bertz CT molecular complexity index is 843. The van der Waals surface area contributed by atoms with Crippen molar-refractivity contribution >= 4 is 23.1 Å². The van der Waals surface area contributed by atoms with Crippen LogP contribution < -0.4 is 10.6 Å². The number of H-pyrrole nitrogens is 1. The molecule has 0 saturated carbocycles. The Kier molecular flexibility index (Phi) is 4.43. The summed E-state index contributed by atoms with van der Waals surface area (Å²) in [7, 11) is 0. The lowest BCUT2D eigenvalue weighted by molar-refractivity contribution is 0.198. The van der Waals surface area contributed by atoms with Gasteiger partial charge in [-0.2, -0.15) is 5.10 Å². The van der Waals surface area contributed by atoms with Gasteiger partial charge in [-0.25, -0.2) is 4.98 Å². The van der Waals surface area contributed by atoms with Gasteiger partial charge in [0, 0.05) is 17.4 Å². The summed E-state index contributed by atoms with van der Waals surface area (Å²) in [5.41, 5.74) is 3.74. The number of nitrogens with zero attached hydrogens (tertiary/aromatic N) is 3. The van der Waals surface area contributed by atoms with E-state index < -0.39 is 6.10 Å². The average Bonchev–Trinajstić information content (AvgIpc) is 2.94. The number of aliphatic hydroxyl groups is 1. The van der Waals surface area contributed by atoms with E-state index in [1.165, 1.54) is 0 Å². The maximum atomic E-state index is 9.83. The predicted molar refractivity (Wildman–Crippen MR) is 93.7 cm³/mol. The standard InChI is InChI=1S/C17H20N6O/c1-10-4-5-13(7-14(10)12(3)24)19-16-8-18-9-17(21-16)20-15-6-11(2)22-23-15/h4-9,12,24H,1-3H3,(H3,19,20,21,22,23). The maximum absolute atomic E-state index is 9.83. The second-order valence-corrected chi connectivity index (χ2v) is 5.72. The monoisotopic (exact) mass is 324 g/mol. The van der Waals surface area contributed by atoms with Gasteiger partial charge in [0.05, 0.1) is 18.5 Å². The van der Waals surface area contributed by atoms with E-state index >= 15 is 0 Å². The van der Waals surface area contributed by atoms with Crippen molar-refractivity contribution in [2.24, 2.45) is 0 Å². The fourth-order valence-corrected chi connectivity index (χ4v) is 2.42. The van der Waals surface area contributed by atoms with Crippen LogP contribution in [0.4, 0.5) is 23.1 Å². The number of hydrogen-bond donors (Lipinski definition) is 4. The van der Waals surface area contributed by atoms with Crippen molar-refractivity contribution in [2.75, 3.05) is 10.6 Å². The van der Waals surface area contributed by atoms with Gasteiger partial charge in [0.25, 0.3) is 0 Å². The van der Waals surface area contributed by atoms with Gasteiger partial charge in [-0.1, -0.05) is 6.07 Å². The van der Waals surface area contributed by atoms with Gasteiger partial charge in [-0.05, 0) is 44.0 Å². The third-order valence-electron chi connectivity index (χ3n) is 3.60. The first-order chi connectivity index (χ1) is 11.5. The first-order valence-corrected chi connectivity index (χ1v) is 7.68. The molecule has 0 aliphatic carbocycles. The molecule has 124 valence electrons. The Labute approximate surface area is 140 Å². The Hall–Kier alpha value is -2.93. The molecule has 0 bridgehead atoms. The molecule has 0 aliphatic heterocycles. The van der Waals surface area contributed by atoms with Gasteiger partial charge in [0.1, 0.15) is 0 Å². The second kappa shape index (κ2) is 6.67. The van der Waals surface area contributed by atoms with Crippen molar-refractivity contribution in [2.45, 2.75) is 26.9 Å². The fraction of sp³-hybridized carbons (Fsp3) is 0.235. The lowest BCUT2D eigenvalue weighted by Gasteiger charge is -2.12. The third-order valence-corrected chi connectivity index (χ3v) is 3.60. The van der Waals surface area contributed by atoms with E-state index in [0.717, 1.165) is 22.5 Å². The van der Waals surface area contributed by atoms with Gasteiger partial charge >= 0.3 is 0 Å². The fourth-order valence-electron chi connectivity index (χ4n) is 2.42. The molecule has 1 unspecified atom stereocenters. The summed E-state index contributed by atoms with van der Waals surface area (Å²) in [6.45, 7) is 5.66. The van der Waals surface area contributed by atoms with Crippen molar-refractivity contribution < 1.29 is 5.11 Å². The van der Waals surface area contributed by atoms with E-state index in [9.17, 15) is 5.11 Å². The molecule has 2 heterocycles. The zero-order valence-corrected chi connectivity index (χ0v) is 13.8. The van der Waals surface area contributed by atoms with Gasteiger partial charge in [-0.3, -0.25) is 10.1 Å². The second-order valence-electron chi connectivity index (χ2n) is 5.72. The Morgan fingerprint density at radius 2 is 1.79 bits per heavy atom. The predicted octanol–water partition coefficient (Wildman–Crippen LogP) is 3.36. The molecule has 0 aliphatic rings. The van der Waals surface area contributed by atoms with Crippen LogP contribution in [0, 0.1) is 13.8 Å². The molecule has 0 saturated heterocycles. The molecule has 3 rings (SSSR count). The number of aliphatic hydroxyl groups excluding tert-OH is 1. The summed E-state index contributed by atoms with van der Waals surface area (Å²) in [6.07, 6.45) is 2.75. The van der Waals surface area contributed by atoms with Crippen molar-refractivity contribution in [3.63, 3.8) is 0 Å². The highest BCUT2D eigenvalue weighted by atomic mass is 16.3. The average molecular weight is 324 g/mol. The molecule has 0 fully saturated rings. The van der Waals surface area contributed by atoms with Crippen molar-refractivity contribution in [1.82, 2.24) is 20.2 Å². The Morgan fingerprint density at radius 3 is 2.46 bits per heavy atom. The van der Waals surface area contributed by atoms with Crippen LogP contribution in [-0.4, -0.2) is 25.3 Å². The molecule has 0 amide bonds. The number of aryl methyl sites for hydroxylation is 2. The molecule has 24 heavy (non-hydrogen) atoms. The van der Waals surface area contributed by atoms with Crippen LogP contribution in [0.2, 0.25) is 0 Å². The molecule has 1 atom stereocenters. The molecule has 4 N–H and O–H groups in total. The highest BCUT2D eigenvalue weighted by molar-refractivity contribution is 5.60. The number of anilines is 4. The number of benzene rings is 1. The minimum absolute atomic E-state index is 0.520. The molecular weight excluding hydrogens is 304 g/mol. The summed E-state index contributed by atoms with van der Waals surface area (Å²) in [5.74, 6) is 1.88. The summed E-state index contributed by atoms with van der Waals surface area (Å²) in [4.78, 5) is 8.65. The van der Waals surface area contributed by atoms with Crippen molar-refractivity contribution in [3.8, 4) is 0 Å². The van der Waals surface area contributed by atoms with Gasteiger partial charge in [0.15, 0.2) is 17.5 Å². The van der Waals surface area contributed by atoms with Gasteiger partial charge < -0.3 is 15.7 Å². The van der Waals surface area contributed by atoms with Crippen LogP contribution in [0.25, 0.3) is 0 Å². The number of nitrogens with one attached hydrogen (secondary N) is 3. The van der Waals surface area contributed by atoms with Crippen molar-refractivity contribution in [3.05, 3.63) is 53.5 Å². The van der Waals surface area contributed by atoms with Crippen LogP contribution in [0.15, 0.2) is 36.7 Å². The molecule has 7 heteroatoms. The topological polar surface area (TPSA) is 98.8 Å². The van der Waals surface area contributed by atoms with Crippen LogP contribution in [0.1, 0.15) is 29.8 Å². The van der Waals surface area contributed by atoms with Gasteiger partial charge in [-0.15, -0.1) is 0 Å². The largest absolute Gasteiger partial charge is 0.389 e. The summed E-state index contributed by atoms with van der Waals surface area (Å²) >= 11 is 0. The van der Waals surface area contributed by atoms with E-state index in [4.69, 9.17) is 0 Å². The SMILES string of the molecule is Cc1cc(Nc2cncc(Nc3ccc(C)c(C(C)O)c3)n2)n[nH]1. The van der Waals surface area contributed by atoms with E-state index in [0.29, 0.717) is 17.5 Å². The smallest absolute Gasteiger partial charge is 0.153 e. The minimum Gasteiger partial charge on any atom is -0.389 e. The number of aromatic nitrogens is 4. The first-order valence-electron chi connectivity index (χ1n) is 7.68. The summed E-state index contributed by atoms with van der Waals surface area (Å²) in [5, 5.41) is 23.1. The summed E-state index contributed by atoms with van der Waals surface area (Å²) < 4.78 is 0. The quantitative estimate of drug-likeness (QED) is 0.574. The maximum Gasteiger partial charge on any atom is 0.153 e. The molecule has 7 nitrogen and oxygen atoms in total. The van der Waals surface area contributed by atoms with E-state index in [1.54, 1.807) is 19.3 Å². The van der Waals surface area contributed by atoms with Crippen LogP contribution in [0.5, 0.6) is 0 Å². The first kappa shape index (κ1) is 15.9. The van der Waals surface area contributed by atoms with E-state index in [2.05, 4.69) is 30.8 Å². The zero-order valence-electron chi connectivity index (χ0n) is 13.8. The normalized spacial score (nSPS) is 12.0.